The Morgan fingerprint density at radius 1 is 1.41 bits per heavy atom. The van der Waals surface area contributed by atoms with Gasteiger partial charge in [-0.1, -0.05) is 42.7 Å². The predicted molar refractivity (Wildman–Crippen MR) is 71.9 cm³/mol. The molecule has 0 aromatic heterocycles. The molecule has 1 aromatic rings. The highest BCUT2D eigenvalue weighted by Crippen LogP contribution is 2.17. The van der Waals surface area contributed by atoms with Crippen LogP contribution in [0.15, 0.2) is 29.3 Å². The molecule has 0 amide bonds. The van der Waals surface area contributed by atoms with Gasteiger partial charge in [0.25, 0.3) is 0 Å². The SMILES string of the molecule is Cc1cccc(CN=C(N)NC2CCCC2)c1. The molecule has 0 unspecified atom stereocenters. The molecule has 0 spiro atoms. The van der Waals surface area contributed by atoms with Gasteiger partial charge in [-0.25, -0.2) is 4.99 Å². The number of aryl methyl sites for hydroxylation is 1. The molecule has 0 bridgehead atoms. The Kier molecular flexibility index (Phi) is 4.02. The van der Waals surface area contributed by atoms with E-state index in [0.29, 0.717) is 18.5 Å². The van der Waals surface area contributed by atoms with E-state index in [1.54, 1.807) is 0 Å². The first kappa shape index (κ1) is 12.0. The minimum atomic E-state index is 0.538. The van der Waals surface area contributed by atoms with Gasteiger partial charge in [-0.2, -0.15) is 0 Å². The van der Waals surface area contributed by atoms with Crippen molar-refractivity contribution >= 4 is 5.96 Å². The van der Waals surface area contributed by atoms with Crippen LogP contribution in [0.4, 0.5) is 0 Å². The molecule has 2 rings (SSSR count). The molecule has 0 radical (unpaired) electrons. The van der Waals surface area contributed by atoms with Crippen molar-refractivity contribution in [3.63, 3.8) is 0 Å². The van der Waals surface area contributed by atoms with Gasteiger partial charge >= 0.3 is 0 Å². The Morgan fingerprint density at radius 3 is 2.88 bits per heavy atom. The van der Waals surface area contributed by atoms with E-state index in [1.807, 2.05) is 0 Å². The van der Waals surface area contributed by atoms with Gasteiger partial charge in [0.2, 0.25) is 0 Å². The third-order valence-corrected chi connectivity index (χ3v) is 3.22. The first-order chi connectivity index (χ1) is 8.24. The molecule has 1 fully saturated rings. The molecule has 3 N–H and O–H groups in total. The average molecular weight is 231 g/mol. The number of aliphatic imine (C=N–C) groups is 1. The zero-order chi connectivity index (χ0) is 12.1. The summed E-state index contributed by atoms with van der Waals surface area (Å²) in [5.41, 5.74) is 8.35. The third kappa shape index (κ3) is 3.77. The predicted octanol–water partition coefficient (Wildman–Crippen LogP) is 2.34. The molecular formula is C14H21N3. The van der Waals surface area contributed by atoms with E-state index in [4.69, 9.17) is 5.73 Å². The number of hydrogen-bond acceptors (Lipinski definition) is 1. The van der Waals surface area contributed by atoms with Gasteiger partial charge < -0.3 is 11.1 Å². The monoisotopic (exact) mass is 231 g/mol. The molecule has 1 saturated carbocycles. The minimum absolute atomic E-state index is 0.538. The minimum Gasteiger partial charge on any atom is -0.370 e. The highest BCUT2D eigenvalue weighted by atomic mass is 15.1. The largest absolute Gasteiger partial charge is 0.370 e. The Hall–Kier alpha value is -1.51. The second kappa shape index (κ2) is 5.71. The van der Waals surface area contributed by atoms with Gasteiger partial charge in [-0.3, -0.25) is 0 Å². The lowest BCUT2D eigenvalue weighted by atomic mass is 10.1. The molecule has 3 nitrogen and oxygen atoms in total. The maximum Gasteiger partial charge on any atom is 0.189 e. The van der Waals surface area contributed by atoms with E-state index >= 15 is 0 Å². The number of nitrogens with one attached hydrogen (secondary N) is 1. The van der Waals surface area contributed by atoms with Crippen molar-refractivity contribution in [2.24, 2.45) is 10.7 Å². The summed E-state index contributed by atoms with van der Waals surface area (Å²) in [6, 6.07) is 8.91. The van der Waals surface area contributed by atoms with Crippen LogP contribution in [0.25, 0.3) is 0 Å². The van der Waals surface area contributed by atoms with Crippen LogP contribution in [0.5, 0.6) is 0 Å². The molecule has 1 aliphatic carbocycles. The zero-order valence-electron chi connectivity index (χ0n) is 10.4. The van der Waals surface area contributed by atoms with Gasteiger partial charge in [-0.15, -0.1) is 0 Å². The van der Waals surface area contributed by atoms with Crippen molar-refractivity contribution in [3.8, 4) is 0 Å². The van der Waals surface area contributed by atoms with Crippen molar-refractivity contribution in [3.05, 3.63) is 35.4 Å². The van der Waals surface area contributed by atoms with Crippen LogP contribution in [-0.2, 0) is 6.54 Å². The fraction of sp³-hybridized carbons (Fsp3) is 0.500. The summed E-state index contributed by atoms with van der Waals surface area (Å²) in [5.74, 6) is 0.582. The lowest BCUT2D eigenvalue weighted by Crippen LogP contribution is -2.38. The molecule has 0 aliphatic heterocycles. The summed E-state index contributed by atoms with van der Waals surface area (Å²) in [6.07, 6.45) is 5.06. The highest BCUT2D eigenvalue weighted by molar-refractivity contribution is 5.78. The quantitative estimate of drug-likeness (QED) is 0.619. The van der Waals surface area contributed by atoms with E-state index < -0.39 is 0 Å². The molecule has 1 aromatic carbocycles. The zero-order valence-corrected chi connectivity index (χ0v) is 10.4. The standard InChI is InChI=1S/C14H21N3/c1-11-5-4-6-12(9-11)10-16-14(15)17-13-7-2-3-8-13/h4-6,9,13H,2-3,7-8,10H2,1H3,(H3,15,16,17). The lowest BCUT2D eigenvalue weighted by Gasteiger charge is -2.12. The van der Waals surface area contributed by atoms with Crippen LogP contribution in [0.2, 0.25) is 0 Å². The van der Waals surface area contributed by atoms with E-state index in [9.17, 15) is 0 Å². The van der Waals surface area contributed by atoms with E-state index in [0.717, 1.165) is 0 Å². The number of guanidine groups is 1. The first-order valence-corrected chi connectivity index (χ1v) is 6.36. The summed E-state index contributed by atoms with van der Waals surface area (Å²) in [5, 5.41) is 3.29. The Morgan fingerprint density at radius 2 is 2.18 bits per heavy atom. The Labute approximate surface area is 103 Å². The molecular weight excluding hydrogens is 210 g/mol. The van der Waals surface area contributed by atoms with Crippen LogP contribution in [-0.4, -0.2) is 12.0 Å². The molecule has 3 heteroatoms. The Balaban J connectivity index is 1.86. The summed E-state index contributed by atoms with van der Waals surface area (Å²) in [4.78, 5) is 4.38. The van der Waals surface area contributed by atoms with Crippen molar-refractivity contribution < 1.29 is 0 Å². The summed E-state index contributed by atoms with van der Waals surface area (Å²) in [6.45, 7) is 2.75. The van der Waals surface area contributed by atoms with Crippen molar-refractivity contribution in [2.45, 2.75) is 45.2 Å². The van der Waals surface area contributed by atoms with Crippen molar-refractivity contribution in [2.75, 3.05) is 0 Å². The first-order valence-electron chi connectivity index (χ1n) is 6.36. The summed E-state index contributed by atoms with van der Waals surface area (Å²) >= 11 is 0. The average Bonchev–Trinajstić information content (AvgIpc) is 2.79. The number of nitrogens with zero attached hydrogens (tertiary/aromatic N) is 1. The number of benzene rings is 1. The van der Waals surface area contributed by atoms with Crippen LogP contribution in [0.1, 0.15) is 36.8 Å². The summed E-state index contributed by atoms with van der Waals surface area (Å²) < 4.78 is 0. The van der Waals surface area contributed by atoms with E-state index in [1.165, 1.54) is 36.8 Å². The molecule has 17 heavy (non-hydrogen) atoms. The molecule has 0 saturated heterocycles. The van der Waals surface area contributed by atoms with Gasteiger partial charge in [0.05, 0.1) is 6.54 Å². The van der Waals surface area contributed by atoms with Gasteiger partial charge in [0, 0.05) is 6.04 Å². The van der Waals surface area contributed by atoms with Crippen LogP contribution < -0.4 is 11.1 Å². The van der Waals surface area contributed by atoms with E-state index in [2.05, 4.69) is 41.5 Å². The fourth-order valence-corrected chi connectivity index (χ4v) is 2.31. The van der Waals surface area contributed by atoms with Crippen LogP contribution in [0, 0.1) is 6.92 Å². The smallest absolute Gasteiger partial charge is 0.189 e. The topological polar surface area (TPSA) is 50.4 Å². The van der Waals surface area contributed by atoms with Crippen molar-refractivity contribution in [1.29, 1.82) is 0 Å². The third-order valence-electron chi connectivity index (χ3n) is 3.22. The normalized spacial score (nSPS) is 17.4. The van der Waals surface area contributed by atoms with Crippen LogP contribution >= 0.6 is 0 Å². The second-order valence-electron chi connectivity index (χ2n) is 4.82. The number of nitrogens with two attached hydrogens (primary N) is 1. The van der Waals surface area contributed by atoms with E-state index in [-0.39, 0.29) is 0 Å². The molecule has 1 aliphatic rings. The van der Waals surface area contributed by atoms with Crippen LogP contribution in [0.3, 0.4) is 0 Å². The van der Waals surface area contributed by atoms with Gasteiger partial charge in [-0.05, 0) is 25.3 Å². The molecule has 0 heterocycles. The highest BCUT2D eigenvalue weighted by Gasteiger charge is 2.14. The maximum absolute atomic E-state index is 5.88. The van der Waals surface area contributed by atoms with Crippen molar-refractivity contribution in [1.82, 2.24) is 5.32 Å². The molecule has 0 atom stereocenters. The molecule has 92 valence electrons. The lowest BCUT2D eigenvalue weighted by molar-refractivity contribution is 0.625. The Bertz CT molecular complexity index is 392. The summed E-state index contributed by atoms with van der Waals surface area (Å²) in [7, 11) is 0. The fourth-order valence-electron chi connectivity index (χ4n) is 2.31. The van der Waals surface area contributed by atoms with Gasteiger partial charge in [0.1, 0.15) is 0 Å². The maximum atomic E-state index is 5.88. The number of rotatable bonds is 3. The number of hydrogen-bond donors (Lipinski definition) is 2. The van der Waals surface area contributed by atoms with Gasteiger partial charge in [0.15, 0.2) is 5.96 Å². The second-order valence-corrected chi connectivity index (χ2v) is 4.82.